The molecule has 0 saturated carbocycles. The van der Waals surface area contributed by atoms with Crippen molar-refractivity contribution in [3.8, 4) is 23.0 Å². The number of methoxy groups -OCH3 is 1. The van der Waals surface area contributed by atoms with Crippen LogP contribution in [0.25, 0.3) is 0 Å². The van der Waals surface area contributed by atoms with Gasteiger partial charge in [-0.05, 0) is 73.5 Å². The average Bonchev–Trinajstić information content (AvgIpc) is 2.87. The minimum Gasteiger partial charge on any atom is -0.489 e. The first-order valence-corrected chi connectivity index (χ1v) is 11.0. The van der Waals surface area contributed by atoms with Gasteiger partial charge in [0.2, 0.25) is 0 Å². The van der Waals surface area contributed by atoms with Gasteiger partial charge in [-0.25, -0.2) is 4.79 Å². The molecule has 3 rings (SSSR count). The lowest BCUT2D eigenvalue weighted by atomic mass is 9.96. The van der Waals surface area contributed by atoms with E-state index in [4.69, 9.17) is 23.7 Å². The summed E-state index contributed by atoms with van der Waals surface area (Å²) in [4.78, 5) is 12.3. The van der Waals surface area contributed by atoms with Gasteiger partial charge in [0.15, 0.2) is 5.60 Å². The lowest BCUT2D eigenvalue weighted by Crippen LogP contribution is -2.36. The van der Waals surface area contributed by atoms with Crippen molar-refractivity contribution in [2.45, 2.75) is 19.4 Å². The zero-order chi connectivity index (χ0) is 24.4. The number of hydrogen-bond donors (Lipinski definition) is 0. The molecule has 0 aromatic heterocycles. The summed E-state index contributed by atoms with van der Waals surface area (Å²) in [5, 5.41) is 0. The van der Waals surface area contributed by atoms with E-state index in [1.807, 2.05) is 54.6 Å². The number of rotatable bonds is 12. The summed E-state index contributed by atoms with van der Waals surface area (Å²) in [5.41, 5.74) is 0.290. The van der Waals surface area contributed by atoms with Gasteiger partial charge in [0.05, 0.1) is 6.61 Å². The van der Waals surface area contributed by atoms with E-state index in [2.05, 4.69) is 6.58 Å². The van der Waals surface area contributed by atoms with E-state index in [1.54, 1.807) is 38.1 Å². The Morgan fingerprint density at radius 2 is 1.29 bits per heavy atom. The second-order valence-corrected chi connectivity index (χ2v) is 7.70. The fraction of sp³-hybridized carbons (Fsp3) is 0.250. The first-order valence-electron chi connectivity index (χ1n) is 11.0. The van der Waals surface area contributed by atoms with E-state index in [1.165, 1.54) is 7.11 Å². The molecule has 0 aliphatic carbocycles. The smallest absolute Gasteiger partial charge is 0.342 e. The Morgan fingerprint density at radius 3 is 1.82 bits per heavy atom. The third-order valence-corrected chi connectivity index (χ3v) is 5.17. The van der Waals surface area contributed by atoms with Gasteiger partial charge in [0.25, 0.3) is 0 Å². The molecule has 0 fully saturated rings. The van der Waals surface area contributed by atoms with E-state index in [0.29, 0.717) is 30.3 Å². The largest absolute Gasteiger partial charge is 0.489 e. The maximum Gasteiger partial charge on any atom is 0.342 e. The molecule has 0 spiro atoms. The zero-order valence-corrected chi connectivity index (χ0v) is 19.8. The van der Waals surface area contributed by atoms with E-state index < -0.39 is 11.6 Å². The van der Waals surface area contributed by atoms with Crippen LogP contribution in [0.15, 0.2) is 91.0 Å². The van der Waals surface area contributed by atoms with Gasteiger partial charge < -0.3 is 23.7 Å². The molecule has 0 aliphatic heterocycles. The van der Waals surface area contributed by atoms with Gasteiger partial charge in [-0.3, -0.25) is 0 Å². The van der Waals surface area contributed by atoms with Crippen LogP contribution in [-0.2, 0) is 19.9 Å². The highest BCUT2D eigenvalue weighted by Gasteiger charge is 2.36. The average molecular weight is 463 g/mol. The summed E-state index contributed by atoms with van der Waals surface area (Å²) < 4.78 is 27.9. The summed E-state index contributed by atoms with van der Waals surface area (Å²) in [6, 6.07) is 24.1. The Morgan fingerprint density at radius 1 is 0.794 bits per heavy atom. The molecular formula is C28H30O6. The van der Waals surface area contributed by atoms with Gasteiger partial charge in [0.1, 0.15) is 36.2 Å². The van der Waals surface area contributed by atoms with E-state index in [0.717, 1.165) is 17.1 Å². The molecule has 0 N–H and O–H groups in total. The lowest BCUT2D eigenvalue weighted by molar-refractivity contribution is -0.168. The normalized spacial score (nSPS) is 12.3. The highest BCUT2D eigenvalue weighted by Crippen LogP contribution is 2.28. The van der Waals surface area contributed by atoms with Crippen molar-refractivity contribution in [2.75, 3.05) is 26.9 Å². The summed E-state index contributed by atoms with van der Waals surface area (Å²) in [6.07, 6.45) is 0. The number of hydrogen-bond acceptors (Lipinski definition) is 6. The molecule has 0 amide bonds. The molecule has 1 atom stereocenters. The predicted octanol–water partition coefficient (Wildman–Crippen LogP) is 5.92. The molecule has 3 aromatic rings. The van der Waals surface area contributed by atoms with Crippen molar-refractivity contribution in [3.05, 3.63) is 96.6 Å². The summed E-state index contributed by atoms with van der Waals surface area (Å²) in [6.45, 7) is 8.36. The zero-order valence-electron chi connectivity index (χ0n) is 19.8. The van der Waals surface area contributed by atoms with Gasteiger partial charge >= 0.3 is 5.97 Å². The number of carbonyl (C=O) groups is 1. The van der Waals surface area contributed by atoms with Crippen LogP contribution < -0.4 is 14.2 Å². The molecule has 0 unspecified atom stereocenters. The Hall–Kier alpha value is -3.77. The van der Waals surface area contributed by atoms with Crippen molar-refractivity contribution in [2.24, 2.45) is 0 Å². The quantitative estimate of drug-likeness (QED) is 0.246. The third kappa shape index (κ3) is 6.62. The molecule has 178 valence electrons. The van der Waals surface area contributed by atoms with Crippen LogP contribution in [0.3, 0.4) is 0 Å². The van der Waals surface area contributed by atoms with Crippen molar-refractivity contribution in [1.29, 1.82) is 0 Å². The predicted molar refractivity (Wildman–Crippen MR) is 131 cm³/mol. The lowest BCUT2D eigenvalue weighted by Gasteiger charge is -2.26. The van der Waals surface area contributed by atoms with Crippen LogP contribution in [0, 0.1) is 0 Å². The van der Waals surface area contributed by atoms with Gasteiger partial charge in [0, 0.05) is 7.11 Å². The minimum absolute atomic E-state index is 0.286. The van der Waals surface area contributed by atoms with E-state index in [-0.39, 0.29) is 6.61 Å². The minimum atomic E-state index is -1.17. The topological polar surface area (TPSA) is 63.2 Å². The van der Waals surface area contributed by atoms with E-state index >= 15 is 0 Å². The van der Waals surface area contributed by atoms with Crippen LogP contribution in [0.5, 0.6) is 23.0 Å². The molecule has 0 heterocycles. The standard InChI is InChI=1S/C28H30O6/c1-5-31-27(29)28(3,30-4)22-11-13-23(14-12-22)32-19-21(2)20-33-24-15-17-26(18-16-24)34-25-9-7-6-8-10-25/h6-18H,2,5,19-20H2,1,3-4H3/t28-/m0/s1. The van der Waals surface area contributed by atoms with Gasteiger partial charge in [-0.15, -0.1) is 0 Å². The Labute approximate surface area is 200 Å². The first-order chi connectivity index (χ1) is 16.4. The van der Waals surface area contributed by atoms with Gasteiger partial charge in [-0.2, -0.15) is 0 Å². The number of para-hydroxylation sites is 1. The number of benzene rings is 3. The van der Waals surface area contributed by atoms with Crippen molar-refractivity contribution < 1.29 is 28.5 Å². The Bertz CT molecular complexity index is 1060. The van der Waals surface area contributed by atoms with Crippen LogP contribution in [-0.4, -0.2) is 32.9 Å². The van der Waals surface area contributed by atoms with Gasteiger partial charge in [-0.1, -0.05) is 36.9 Å². The van der Waals surface area contributed by atoms with Crippen molar-refractivity contribution in [3.63, 3.8) is 0 Å². The van der Waals surface area contributed by atoms with Crippen LogP contribution >= 0.6 is 0 Å². The Balaban J connectivity index is 1.46. The van der Waals surface area contributed by atoms with Crippen molar-refractivity contribution >= 4 is 5.97 Å². The highest BCUT2D eigenvalue weighted by molar-refractivity contribution is 5.81. The molecule has 3 aromatic carbocycles. The van der Waals surface area contributed by atoms with Crippen LogP contribution in [0.2, 0.25) is 0 Å². The molecule has 6 nitrogen and oxygen atoms in total. The highest BCUT2D eigenvalue weighted by atomic mass is 16.6. The second-order valence-electron chi connectivity index (χ2n) is 7.70. The van der Waals surface area contributed by atoms with Crippen molar-refractivity contribution in [1.82, 2.24) is 0 Å². The maximum atomic E-state index is 12.3. The molecule has 0 bridgehead atoms. The number of ether oxygens (including phenoxy) is 5. The summed E-state index contributed by atoms with van der Waals surface area (Å²) >= 11 is 0. The fourth-order valence-electron chi connectivity index (χ4n) is 3.10. The molecule has 0 radical (unpaired) electrons. The molecule has 34 heavy (non-hydrogen) atoms. The second kappa shape index (κ2) is 11.9. The summed E-state index contributed by atoms with van der Waals surface area (Å²) in [5.74, 6) is 2.44. The van der Waals surface area contributed by atoms with Crippen LogP contribution in [0.4, 0.5) is 0 Å². The van der Waals surface area contributed by atoms with Crippen LogP contribution in [0.1, 0.15) is 19.4 Å². The van der Waals surface area contributed by atoms with E-state index in [9.17, 15) is 4.79 Å². The monoisotopic (exact) mass is 462 g/mol. The Kier molecular flexibility index (Phi) is 8.71. The molecule has 0 aliphatic rings. The fourth-order valence-corrected chi connectivity index (χ4v) is 3.10. The molecular weight excluding hydrogens is 432 g/mol. The number of esters is 1. The maximum absolute atomic E-state index is 12.3. The SMILES string of the molecule is C=C(COc1ccc(Oc2ccccc2)cc1)COc1ccc([C@](C)(OC)C(=O)OCC)cc1. The molecule has 6 heteroatoms. The first kappa shape index (κ1) is 24.9. The molecule has 0 saturated heterocycles. The summed E-state index contributed by atoms with van der Waals surface area (Å²) in [7, 11) is 1.48. The third-order valence-electron chi connectivity index (χ3n) is 5.17. The number of carbonyl (C=O) groups excluding carboxylic acids is 1.